The van der Waals surface area contributed by atoms with Gasteiger partial charge in [-0.1, -0.05) is 16.8 Å². The van der Waals surface area contributed by atoms with Crippen LogP contribution in [0.1, 0.15) is 16.2 Å². The van der Waals surface area contributed by atoms with Crippen LogP contribution in [0.3, 0.4) is 0 Å². The Morgan fingerprint density at radius 3 is 2.37 bits per heavy atom. The first-order valence-corrected chi connectivity index (χ1v) is 9.28. The Kier molecular flexibility index (Phi) is 6.53. The zero-order valence-electron chi connectivity index (χ0n) is 16.6. The summed E-state index contributed by atoms with van der Waals surface area (Å²) >= 11 is 6.06. The van der Waals surface area contributed by atoms with Crippen LogP contribution in [0, 0.1) is 6.92 Å². The molecule has 1 heterocycles. The van der Waals surface area contributed by atoms with Gasteiger partial charge in [-0.05, 0) is 49.4 Å². The quantitative estimate of drug-likeness (QED) is 0.597. The molecule has 156 valence electrons. The fourth-order valence-corrected chi connectivity index (χ4v) is 2.92. The third-order valence-corrected chi connectivity index (χ3v) is 4.57. The van der Waals surface area contributed by atoms with Crippen molar-refractivity contribution in [3.63, 3.8) is 0 Å². The summed E-state index contributed by atoms with van der Waals surface area (Å²) in [6.07, 6.45) is 0. The van der Waals surface area contributed by atoms with Gasteiger partial charge >= 0.3 is 0 Å². The number of halogens is 1. The number of amides is 2. The second kappa shape index (κ2) is 9.27. The molecular weight excluding hydrogens is 410 g/mol. The van der Waals surface area contributed by atoms with E-state index in [9.17, 15) is 9.59 Å². The summed E-state index contributed by atoms with van der Waals surface area (Å²) in [5.74, 6) is 0.422. The number of nitrogens with one attached hydrogen (secondary N) is 2. The summed E-state index contributed by atoms with van der Waals surface area (Å²) in [6, 6.07) is 11.8. The lowest BCUT2D eigenvalue weighted by Gasteiger charge is -2.09. The van der Waals surface area contributed by atoms with Gasteiger partial charge in [0.25, 0.3) is 5.91 Å². The third kappa shape index (κ3) is 4.87. The Morgan fingerprint density at radius 2 is 1.73 bits per heavy atom. The number of anilines is 2. The van der Waals surface area contributed by atoms with E-state index in [1.807, 2.05) is 0 Å². The number of methoxy groups -OCH3 is 2. The van der Waals surface area contributed by atoms with E-state index in [0.717, 1.165) is 0 Å². The second-order valence-electron chi connectivity index (χ2n) is 6.26. The smallest absolute Gasteiger partial charge is 0.278 e. The monoisotopic (exact) mass is 429 g/mol. The molecular formula is C20H20ClN5O4. The van der Waals surface area contributed by atoms with Gasteiger partial charge in [0.15, 0.2) is 5.69 Å². The summed E-state index contributed by atoms with van der Waals surface area (Å²) in [5.41, 5.74) is 1.69. The van der Waals surface area contributed by atoms with Crippen molar-refractivity contribution in [2.45, 2.75) is 13.5 Å². The highest BCUT2D eigenvalue weighted by Crippen LogP contribution is 2.27. The molecule has 0 fully saturated rings. The minimum absolute atomic E-state index is 0.113. The first-order valence-electron chi connectivity index (χ1n) is 8.90. The Morgan fingerprint density at radius 1 is 1.03 bits per heavy atom. The van der Waals surface area contributed by atoms with E-state index < -0.39 is 5.91 Å². The molecule has 10 heteroatoms. The predicted octanol–water partition coefficient (Wildman–Crippen LogP) is 3.15. The van der Waals surface area contributed by atoms with Crippen LogP contribution in [-0.2, 0) is 11.3 Å². The van der Waals surface area contributed by atoms with Crippen LogP contribution in [0.5, 0.6) is 11.5 Å². The summed E-state index contributed by atoms with van der Waals surface area (Å²) in [6.45, 7) is 1.55. The molecule has 0 aliphatic rings. The molecule has 0 atom stereocenters. The average molecular weight is 430 g/mol. The molecule has 2 amide bonds. The van der Waals surface area contributed by atoms with E-state index in [0.29, 0.717) is 33.6 Å². The van der Waals surface area contributed by atoms with E-state index in [-0.39, 0.29) is 18.1 Å². The number of benzene rings is 2. The van der Waals surface area contributed by atoms with Gasteiger partial charge in [-0.3, -0.25) is 9.59 Å². The summed E-state index contributed by atoms with van der Waals surface area (Å²) in [7, 11) is 3.07. The van der Waals surface area contributed by atoms with Crippen LogP contribution in [0.2, 0.25) is 5.02 Å². The Hall–Kier alpha value is -3.59. The lowest BCUT2D eigenvalue weighted by molar-refractivity contribution is -0.117. The molecule has 0 saturated carbocycles. The molecule has 30 heavy (non-hydrogen) atoms. The summed E-state index contributed by atoms with van der Waals surface area (Å²) < 4.78 is 11.5. The third-order valence-electron chi connectivity index (χ3n) is 4.27. The molecule has 3 aromatic rings. The SMILES string of the molecule is COc1ccc(NC(=O)c2nnn(CC(=O)Nc3ccc(OC)c(Cl)c3)c2C)cc1. The number of hydrogen-bond acceptors (Lipinski definition) is 6. The van der Waals surface area contributed by atoms with Crippen molar-refractivity contribution in [1.82, 2.24) is 15.0 Å². The first-order chi connectivity index (χ1) is 14.4. The fourth-order valence-electron chi connectivity index (χ4n) is 2.67. The van der Waals surface area contributed by atoms with E-state index in [4.69, 9.17) is 21.1 Å². The van der Waals surface area contributed by atoms with E-state index in [1.165, 1.54) is 11.8 Å². The molecule has 0 aliphatic carbocycles. The maximum Gasteiger partial charge on any atom is 0.278 e. The van der Waals surface area contributed by atoms with Crippen molar-refractivity contribution in [2.75, 3.05) is 24.9 Å². The average Bonchev–Trinajstić information content (AvgIpc) is 3.09. The largest absolute Gasteiger partial charge is 0.497 e. The summed E-state index contributed by atoms with van der Waals surface area (Å²) in [5, 5.41) is 13.6. The van der Waals surface area contributed by atoms with Crippen molar-refractivity contribution in [3.05, 3.63) is 58.9 Å². The van der Waals surface area contributed by atoms with Gasteiger partial charge in [-0.15, -0.1) is 5.10 Å². The molecule has 9 nitrogen and oxygen atoms in total. The highest BCUT2D eigenvalue weighted by molar-refractivity contribution is 6.32. The minimum Gasteiger partial charge on any atom is -0.497 e. The minimum atomic E-state index is -0.425. The number of rotatable bonds is 7. The number of carbonyl (C=O) groups is 2. The Labute approximate surface area is 177 Å². The normalized spacial score (nSPS) is 10.4. The second-order valence-corrected chi connectivity index (χ2v) is 6.67. The molecule has 0 spiro atoms. The number of nitrogens with zero attached hydrogens (tertiary/aromatic N) is 3. The van der Waals surface area contributed by atoms with Crippen molar-refractivity contribution in [2.24, 2.45) is 0 Å². The highest BCUT2D eigenvalue weighted by Gasteiger charge is 2.18. The Bertz CT molecular complexity index is 1070. The highest BCUT2D eigenvalue weighted by atomic mass is 35.5. The maximum atomic E-state index is 12.5. The zero-order chi connectivity index (χ0) is 21.7. The molecule has 0 unspecified atom stereocenters. The molecule has 0 saturated heterocycles. The molecule has 1 aromatic heterocycles. The van der Waals surface area contributed by atoms with Gasteiger partial charge in [0.05, 0.1) is 24.9 Å². The standard InChI is InChI=1S/C20H20ClN5O4/c1-12-19(20(28)23-13-4-7-15(29-2)8-5-13)24-25-26(12)11-18(27)22-14-6-9-17(30-3)16(21)10-14/h4-10H,11H2,1-3H3,(H,22,27)(H,23,28). The van der Waals surface area contributed by atoms with Crippen LogP contribution in [0.4, 0.5) is 11.4 Å². The van der Waals surface area contributed by atoms with Gasteiger partial charge in [0, 0.05) is 11.4 Å². The molecule has 2 aromatic carbocycles. The maximum absolute atomic E-state index is 12.5. The molecule has 0 radical (unpaired) electrons. The number of aromatic nitrogens is 3. The van der Waals surface area contributed by atoms with Gasteiger partial charge < -0.3 is 20.1 Å². The lowest BCUT2D eigenvalue weighted by Crippen LogP contribution is -2.21. The lowest BCUT2D eigenvalue weighted by atomic mass is 10.2. The van der Waals surface area contributed by atoms with Crippen LogP contribution in [0.25, 0.3) is 0 Å². The van der Waals surface area contributed by atoms with E-state index >= 15 is 0 Å². The zero-order valence-corrected chi connectivity index (χ0v) is 17.4. The number of carbonyl (C=O) groups excluding carboxylic acids is 2. The van der Waals surface area contributed by atoms with E-state index in [1.54, 1.807) is 56.5 Å². The summed E-state index contributed by atoms with van der Waals surface area (Å²) in [4.78, 5) is 24.8. The van der Waals surface area contributed by atoms with Gasteiger partial charge in [-0.25, -0.2) is 4.68 Å². The number of hydrogen-bond donors (Lipinski definition) is 2. The first kappa shape index (κ1) is 21.1. The molecule has 0 aliphatic heterocycles. The van der Waals surface area contributed by atoms with E-state index in [2.05, 4.69) is 20.9 Å². The fraction of sp³-hybridized carbons (Fsp3) is 0.200. The van der Waals surface area contributed by atoms with Crippen molar-refractivity contribution < 1.29 is 19.1 Å². The van der Waals surface area contributed by atoms with Gasteiger partial charge in [0.2, 0.25) is 5.91 Å². The molecule has 2 N–H and O–H groups in total. The van der Waals surface area contributed by atoms with Gasteiger partial charge in [0.1, 0.15) is 18.0 Å². The van der Waals surface area contributed by atoms with Crippen molar-refractivity contribution in [1.29, 1.82) is 0 Å². The van der Waals surface area contributed by atoms with Crippen LogP contribution < -0.4 is 20.1 Å². The predicted molar refractivity (Wildman–Crippen MR) is 112 cm³/mol. The van der Waals surface area contributed by atoms with Crippen LogP contribution in [0.15, 0.2) is 42.5 Å². The molecule has 3 rings (SSSR count). The van der Waals surface area contributed by atoms with Crippen LogP contribution in [-0.4, -0.2) is 41.0 Å². The van der Waals surface area contributed by atoms with Crippen LogP contribution >= 0.6 is 11.6 Å². The van der Waals surface area contributed by atoms with Crippen molar-refractivity contribution in [3.8, 4) is 11.5 Å². The van der Waals surface area contributed by atoms with Gasteiger partial charge in [-0.2, -0.15) is 0 Å². The topological polar surface area (TPSA) is 107 Å². The molecule has 0 bridgehead atoms. The van der Waals surface area contributed by atoms with Crippen molar-refractivity contribution >= 4 is 34.8 Å². The Balaban J connectivity index is 1.64. The number of ether oxygens (including phenoxy) is 2.